The van der Waals surface area contributed by atoms with E-state index in [0.29, 0.717) is 0 Å². The Kier molecular flexibility index (Phi) is 3.72. The molecule has 1 aromatic carbocycles. The summed E-state index contributed by atoms with van der Waals surface area (Å²) < 4.78 is 97.3. The molecule has 1 rings (SSSR count). The second-order valence-electron chi connectivity index (χ2n) is 3.45. The van der Waals surface area contributed by atoms with Crippen LogP contribution in [0.25, 0.3) is 0 Å². The number of hydrogen-bond donors (Lipinski definition) is 0. The van der Waals surface area contributed by atoms with Gasteiger partial charge in [-0.25, -0.2) is 8.42 Å². The van der Waals surface area contributed by atoms with Gasteiger partial charge in [0.15, 0.2) is 9.84 Å². The first-order valence-corrected chi connectivity index (χ1v) is 6.09. The second-order valence-corrected chi connectivity index (χ2v) is 5.35. The lowest BCUT2D eigenvalue weighted by Crippen LogP contribution is -2.12. The third-order valence-corrected chi connectivity index (χ3v) is 3.44. The lowest BCUT2D eigenvalue weighted by Gasteiger charge is -2.13. The molecule has 0 unspecified atom stereocenters. The van der Waals surface area contributed by atoms with Crippen LogP contribution in [0, 0.1) is 0 Å². The number of hydrogen-bond acceptors (Lipinski definition) is 2. The summed E-state index contributed by atoms with van der Waals surface area (Å²) in [6.07, 6.45) is -10.2. The topological polar surface area (TPSA) is 34.1 Å². The SMILES string of the molecule is C=CS(=O)(=O)c1cc(C(F)(F)F)cc(C(F)(F)F)c1. The summed E-state index contributed by atoms with van der Waals surface area (Å²) in [4.78, 5) is -1.11. The highest BCUT2D eigenvalue weighted by Gasteiger charge is 2.37. The molecule has 0 radical (unpaired) electrons. The van der Waals surface area contributed by atoms with Gasteiger partial charge in [-0.3, -0.25) is 0 Å². The standard InChI is InChI=1S/C10H6F6O2S/c1-2-19(17,18)8-4-6(9(11,12)13)3-7(5-8)10(14,15)16/h2-5H,1H2. The van der Waals surface area contributed by atoms with Gasteiger partial charge in [0.1, 0.15) is 0 Å². The Labute approximate surface area is 104 Å². The van der Waals surface area contributed by atoms with E-state index in [-0.39, 0.29) is 23.6 Å². The fourth-order valence-corrected chi connectivity index (χ4v) is 1.96. The quantitative estimate of drug-likeness (QED) is 0.782. The first-order valence-electron chi connectivity index (χ1n) is 4.55. The molecular weight excluding hydrogens is 298 g/mol. The van der Waals surface area contributed by atoms with E-state index in [1.54, 1.807) is 0 Å². The molecule has 0 spiro atoms. The Morgan fingerprint density at radius 1 is 0.895 bits per heavy atom. The normalized spacial score (nSPS) is 13.4. The summed E-state index contributed by atoms with van der Waals surface area (Å²) in [6.45, 7) is 2.84. The van der Waals surface area contributed by atoms with Crippen molar-refractivity contribution in [3.63, 3.8) is 0 Å². The van der Waals surface area contributed by atoms with E-state index in [9.17, 15) is 34.8 Å². The highest BCUT2D eigenvalue weighted by molar-refractivity contribution is 7.94. The predicted molar refractivity (Wildman–Crippen MR) is 53.8 cm³/mol. The van der Waals surface area contributed by atoms with Gasteiger partial charge >= 0.3 is 12.4 Å². The van der Waals surface area contributed by atoms with Crippen molar-refractivity contribution in [2.24, 2.45) is 0 Å². The van der Waals surface area contributed by atoms with Crippen molar-refractivity contribution in [1.82, 2.24) is 0 Å². The average molecular weight is 304 g/mol. The van der Waals surface area contributed by atoms with Gasteiger partial charge in [0.25, 0.3) is 0 Å². The van der Waals surface area contributed by atoms with E-state index >= 15 is 0 Å². The number of alkyl halides is 6. The molecule has 106 valence electrons. The molecule has 0 aliphatic carbocycles. The van der Waals surface area contributed by atoms with Gasteiger partial charge in [0, 0.05) is 5.41 Å². The minimum Gasteiger partial charge on any atom is -0.219 e. The zero-order chi connectivity index (χ0) is 15.1. The van der Waals surface area contributed by atoms with E-state index in [1.165, 1.54) is 0 Å². The molecule has 0 N–H and O–H groups in total. The van der Waals surface area contributed by atoms with E-state index in [2.05, 4.69) is 6.58 Å². The zero-order valence-corrected chi connectivity index (χ0v) is 9.83. The number of rotatable bonds is 2. The van der Waals surface area contributed by atoms with Gasteiger partial charge in [0.05, 0.1) is 16.0 Å². The highest BCUT2D eigenvalue weighted by Crippen LogP contribution is 2.37. The van der Waals surface area contributed by atoms with Crippen molar-refractivity contribution in [2.75, 3.05) is 0 Å². The van der Waals surface area contributed by atoms with E-state index in [1.807, 2.05) is 0 Å². The Morgan fingerprint density at radius 2 is 1.26 bits per heavy atom. The molecule has 0 aliphatic heterocycles. The molecule has 0 amide bonds. The fraction of sp³-hybridized carbons (Fsp3) is 0.200. The maximum absolute atomic E-state index is 12.4. The number of sulfone groups is 1. The zero-order valence-electron chi connectivity index (χ0n) is 9.01. The molecule has 19 heavy (non-hydrogen) atoms. The molecule has 9 heteroatoms. The van der Waals surface area contributed by atoms with Crippen LogP contribution in [-0.4, -0.2) is 8.42 Å². The van der Waals surface area contributed by atoms with Crippen molar-refractivity contribution < 1.29 is 34.8 Å². The monoisotopic (exact) mass is 304 g/mol. The maximum atomic E-state index is 12.4. The fourth-order valence-electron chi connectivity index (χ4n) is 1.19. The van der Waals surface area contributed by atoms with Crippen LogP contribution in [0.5, 0.6) is 0 Å². The minimum atomic E-state index is -5.09. The summed E-state index contributed by atoms with van der Waals surface area (Å²) in [7, 11) is -4.40. The van der Waals surface area contributed by atoms with Gasteiger partial charge in [-0.15, -0.1) is 0 Å². The van der Waals surface area contributed by atoms with Crippen LogP contribution in [0.1, 0.15) is 11.1 Å². The van der Waals surface area contributed by atoms with Gasteiger partial charge in [-0.1, -0.05) is 6.58 Å². The third-order valence-electron chi connectivity index (χ3n) is 2.11. The molecule has 0 saturated carbocycles. The van der Waals surface area contributed by atoms with Crippen molar-refractivity contribution in [1.29, 1.82) is 0 Å². The van der Waals surface area contributed by atoms with Crippen LogP contribution in [0.3, 0.4) is 0 Å². The van der Waals surface area contributed by atoms with E-state index in [4.69, 9.17) is 0 Å². The van der Waals surface area contributed by atoms with E-state index < -0.39 is 38.2 Å². The van der Waals surface area contributed by atoms with Crippen LogP contribution in [-0.2, 0) is 22.2 Å². The minimum absolute atomic E-state index is 0.131. The van der Waals surface area contributed by atoms with Crippen LogP contribution < -0.4 is 0 Å². The van der Waals surface area contributed by atoms with Crippen LogP contribution in [0.2, 0.25) is 0 Å². The number of halogens is 6. The van der Waals surface area contributed by atoms with Crippen molar-refractivity contribution in [3.8, 4) is 0 Å². The molecule has 0 fully saturated rings. The lowest BCUT2D eigenvalue weighted by atomic mass is 10.1. The Bertz CT molecular complexity index is 565. The van der Waals surface area contributed by atoms with Crippen LogP contribution in [0.15, 0.2) is 35.1 Å². The molecule has 0 atom stereocenters. The smallest absolute Gasteiger partial charge is 0.219 e. The highest BCUT2D eigenvalue weighted by atomic mass is 32.2. The third kappa shape index (κ3) is 3.49. The van der Waals surface area contributed by atoms with Gasteiger partial charge < -0.3 is 0 Å². The average Bonchev–Trinajstić information content (AvgIpc) is 2.26. The maximum Gasteiger partial charge on any atom is 0.416 e. The van der Waals surface area contributed by atoms with Crippen molar-refractivity contribution in [2.45, 2.75) is 17.2 Å². The summed E-state index contributed by atoms with van der Waals surface area (Å²) >= 11 is 0. The molecule has 0 aromatic heterocycles. The van der Waals surface area contributed by atoms with Gasteiger partial charge in [0.2, 0.25) is 0 Å². The van der Waals surface area contributed by atoms with Crippen molar-refractivity contribution in [3.05, 3.63) is 41.3 Å². The molecule has 0 aliphatic rings. The summed E-state index contributed by atoms with van der Waals surface area (Å²) in [5.74, 6) is 0. The first-order chi connectivity index (χ1) is 8.38. The first kappa shape index (κ1) is 15.5. The Balaban J connectivity index is 3.65. The Hall–Kier alpha value is -1.51. The summed E-state index contributed by atoms with van der Waals surface area (Å²) in [5.41, 5.74) is -3.38. The summed E-state index contributed by atoms with van der Waals surface area (Å²) in [5, 5.41) is 0.280. The number of benzene rings is 1. The van der Waals surface area contributed by atoms with Crippen LogP contribution >= 0.6 is 0 Å². The van der Waals surface area contributed by atoms with E-state index in [0.717, 1.165) is 0 Å². The Morgan fingerprint density at radius 3 is 1.53 bits per heavy atom. The molecule has 2 nitrogen and oxygen atoms in total. The lowest BCUT2D eigenvalue weighted by molar-refractivity contribution is -0.143. The molecule has 0 heterocycles. The van der Waals surface area contributed by atoms with Gasteiger partial charge in [-0.05, 0) is 18.2 Å². The largest absolute Gasteiger partial charge is 0.416 e. The predicted octanol–water partition coefficient (Wildman–Crippen LogP) is 3.64. The molecule has 0 saturated heterocycles. The van der Waals surface area contributed by atoms with Crippen LogP contribution in [0.4, 0.5) is 26.3 Å². The van der Waals surface area contributed by atoms with Crippen molar-refractivity contribution >= 4 is 9.84 Å². The molecule has 0 bridgehead atoms. The molecule has 1 aromatic rings. The summed E-state index contributed by atoms with van der Waals surface area (Å²) in [6, 6.07) is 0.112. The molecular formula is C10H6F6O2S. The second kappa shape index (κ2) is 4.55. The van der Waals surface area contributed by atoms with Gasteiger partial charge in [-0.2, -0.15) is 26.3 Å².